The molecule has 0 aromatic heterocycles. The Morgan fingerprint density at radius 2 is 1.62 bits per heavy atom. The number of carbonyl (C=O) groups excluding carboxylic acids is 1. The molecule has 3 aromatic carbocycles. The lowest BCUT2D eigenvalue weighted by Crippen LogP contribution is -2.29. The van der Waals surface area contributed by atoms with Crippen LogP contribution in [0.5, 0.6) is 0 Å². The topological polar surface area (TPSA) is 66.5 Å². The zero-order chi connectivity index (χ0) is 25.3. The molecule has 0 aliphatic carbocycles. The van der Waals surface area contributed by atoms with Crippen molar-refractivity contribution in [2.45, 2.75) is 12.7 Å². The summed E-state index contributed by atoms with van der Waals surface area (Å²) in [6.45, 7) is -0.0970. The van der Waals surface area contributed by atoms with Crippen molar-refractivity contribution in [3.63, 3.8) is 0 Å². The highest BCUT2D eigenvalue weighted by atomic mass is 35.5. The van der Waals surface area contributed by atoms with Gasteiger partial charge < -0.3 is 5.32 Å². The molecule has 0 fully saturated rings. The number of carbonyl (C=O) groups is 1. The summed E-state index contributed by atoms with van der Waals surface area (Å²) in [7, 11) is -3.74. The molecule has 0 aliphatic rings. The quantitative estimate of drug-likeness (QED) is 0.363. The van der Waals surface area contributed by atoms with Crippen LogP contribution in [0, 0.1) is 0 Å². The lowest BCUT2D eigenvalue weighted by atomic mass is 10.1. The molecule has 3 rings (SSSR count). The third kappa shape index (κ3) is 6.15. The first kappa shape index (κ1) is 26.2. The Kier molecular flexibility index (Phi) is 7.72. The summed E-state index contributed by atoms with van der Waals surface area (Å²) in [6.07, 6.45) is -3.58. The summed E-state index contributed by atoms with van der Waals surface area (Å²) in [5.41, 5.74) is -0.302. The van der Waals surface area contributed by atoms with Gasteiger partial charge in [0.25, 0.3) is 5.91 Å². The third-order valence-corrected chi connectivity index (χ3v) is 6.95. The number of halogens is 6. The van der Waals surface area contributed by atoms with Gasteiger partial charge in [-0.05, 0) is 48.0 Å². The van der Waals surface area contributed by atoms with Gasteiger partial charge in [-0.3, -0.25) is 9.10 Å². The van der Waals surface area contributed by atoms with Crippen LogP contribution >= 0.6 is 34.8 Å². The zero-order valence-corrected chi connectivity index (χ0v) is 20.4. The third-order valence-electron chi connectivity index (χ3n) is 4.68. The number of nitrogens with one attached hydrogen (secondary N) is 1. The molecule has 0 radical (unpaired) electrons. The fourth-order valence-corrected chi connectivity index (χ4v) is 4.49. The standard InChI is InChI=1S/C22H16Cl3F3N2O3S/c1-34(32,33)30(19-4-2-3-17(24)20(19)25)12-13-5-7-14(8-6-13)21(31)29-18-11-15(22(26,27)28)9-10-16(18)23/h2-11H,12H2,1H3,(H,29,31). The number of alkyl halides is 3. The zero-order valence-electron chi connectivity index (χ0n) is 17.3. The Balaban J connectivity index is 1.82. The average molecular weight is 552 g/mol. The molecule has 0 heterocycles. The Bertz CT molecular complexity index is 1330. The maximum absolute atomic E-state index is 12.9. The molecule has 0 bridgehead atoms. The molecule has 0 unspecified atom stereocenters. The van der Waals surface area contributed by atoms with Crippen LogP contribution in [0.15, 0.2) is 60.7 Å². The fraction of sp³-hybridized carbons (Fsp3) is 0.136. The van der Waals surface area contributed by atoms with Gasteiger partial charge in [-0.1, -0.05) is 53.0 Å². The summed E-state index contributed by atoms with van der Waals surface area (Å²) >= 11 is 18.1. The number of benzene rings is 3. The van der Waals surface area contributed by atoms with Crippen molar-refractivity contribution in [2.75, 3.05) is 15.9 Å². The summed E-state index contributed by atoms with van der Waals surface area (Å²) in [6, 6.07) is 13.0. The van der Waals surface area contributed by atoms with E-state index in [4.69, 9.17) is 34.8 Å². The van der Waals surface area contributed by atoms with Gasteiger partial charge in [0, 0.05) is 5.56 Å². The van der Waals surface area contributed by atoms with Gasteiger partial charge in [0.2, 0.25) is 10.0 Å². The number of hydrogen-bond donors (Lipinski definition) is 1. The molecule has 1 N–H and O–H groups in total. The minimum atomic E-state index is -4.59. The number of hydrogen-bond acceptors (Lipinski definition) is 3. The highest BCUT2D eigenvalue weighted by molar-refractivity contribution is 7.92. The van der Waals surface area contributed by atoms with Crippen molar-refractivity contribution in [1.29, 1.82) is 0 Å². The van der Waals surface area contributed by atoms with Crippen LogP contribution in [0.3, 0.4) is 0 Å². The molecular formula is C22H16Cl3F3N2O3S. The molecule has 0 atom stereocenters. The van der Waals surface area contributed by atoms with E-state index < -0.39 is 27.7 Å². The summed E-state index contributed by atoms with van der Waals surface area (Å²) in [4.78, 5) is 12.5. The normalized spacial score (nSPS) is 11.9. The first-order valence-corrected chi connectivity index (χ1v) is 12.4. The summed E-state index contributed by atoms with van der Waals surface area (Å²) < 4.78 is 64.7. The Morgan fingerprint density at radius 3 is 2.21 bits per heavy atom. The van der Waals surface area contributed by atoms with Crippen LogP contribution < -0.4 is 9.62 Å². The van der Waals surface area contributed by atoms with E-state index in [0.29, 0.717) is 5.56 Å². The van der Waals surface area contributed by atoms with Crippen LogP contribution in [0.25, 0.3) is 0 Å². The van der Waals surface area contributed by atoms with Gasteiger partial charge in [-0.15, -0.1) is 0 Å². The molecular weight excluding hydrogens is 536 g/mol. The number of rotatable bonds is 6. The molecule has 0 saturated heterocycles. The largest absolute Gasteiger partial charge is 0.416 e. The monoisotopic (exact) mass is 550 g/mol. The smallest absolute Gasteiger partial charge is 0.321 e. The van der Waals surface area contributed by atoms with Gasteiger partial charge >= 0.3 is 6.18 Å². The highest BCUT2D eigenvalue weighted by Gasteiger charge is 2.31. The Hall–Kier alpha value is -2.46. The van der Waals surface area contributed by atoms with Crippen molar-refractivity contribution in [2.24, 2.45) is 0 Å². The maximum Gasteiger partial charge on any atom is 0.416 e. The van der Waals surface area contributed by atoms with Gasteiger partial charge in [-0.2, -0.15) is 13.2 Å². The number of nitrogens with zero attached hydrogens (tertiary/aromatic N) is 1. The minimum absolute atomic E-state index is 0.0554. The molecule has 12 heteroatoms. The Labute approximate surface area is 209 Å². The number of amides is 1. The number of anilines is 2. The fourth-order valence-electron chi connectivity index (χ4n) is 2.99. The second kappa shape index (κ2) is 10.0. The van der Waals surface area contributed by atoms with Crippen LogP contribution in [-0.4, -0.2) is 20.6 Å². The van der Waals surface area contributed by atoms with Gasteiger partial charge in [0.15, 0.2) is 0 Å². The second-order valence-corrected chi connectivity index (χ2v) is 10.3. The van der Waals surface area contributed by atoms with Crippen LogP contribution in [0.1, 0.15) is 21.5 Å². The van der Waals surface area contributed by atoms with E-state index in [0.717, 1.165) is 28.8 Å². The maximum atomic E-state index is 12.9. The van der Waals surface area contributed by atoms with Crippen LogP contribution in [-0.2, 0) is 22.7 Å². The molecule has 34 heavy (non-hydrogen) atoms. The predicted molar refractivity (Wildman–Crippen MR) is 128 cm³/mol. The van der Waals surface area contributed by atoms with Gasteiger partial charge in [0.05, 0.1) is 44.8 Å². The lowest BCUT2D eigenvalue weighted by molar-refractivity contribution is -0.137. The SMILES string of the molecule is CS(=O)(=O)N(Cc1ccc(C(=O)Nc2cc(C(F)(F)F)ccc2Cl)cc1)c1cccc(Cl)c1Cl. The predicted octanol–water partition coefficient (Wildman–Crippen LogP) is 6.88. The van der Waals surface area contributed by atoms with E-state index in [1.165, 1.54) is 36.4 Å². The molecule has 5 nitrogen and oxygen atoms in total. The highest BCUT2D eigenvalue weighted by Crippen LogP contribution is 2.35. The Morgan fingerprint density at radius 1 is 0.971 bits per heavy atom. The van der Waals surface area contributed by atoms with E-state index in [1.807, 2.05) is 0 Å². The lowest BCUT2D eigenvalue weighted by Gasteiger charge is -2.24. The minimum Gasteiger partial charge on any atom is -0.321 e. The van der Waals surface area contributed by atoms with Crippen LogP contribution in [0.4, 0.5) is 24.5 Å². The molecule has 0 aliphatic heterocycles. The average Bonchev–Trinajstić information content (AvgIpc) is 2.74. The molecule has 0 spiro atoms. The van der Waals surface area contributed by atoms with Crippen molar-refractivity contribution in [3.05, 3.63) is 92.4 Å². The summed E-state index contributed by atoms with van der Waals surface area (Å²) in [5.74, 6) is -0.689. The van der Waals surface area contributed by atoms with Crippen LogP contribution in [0.2, 0.25) is 15.1 Å². The van der Waals surface area contributed by atoms with E-state index in [2.05, 4.69) is 5.32 Å². The van der Waals surface area contributed by atoms with Crippen molar-refractivity contribution < 1.29 is 26.4 Å². The van der Waals surface area contributed by atoms with E-state index in [9.17, 15) is 26.4 Å². The van der Waals surface area contributed by atoms with Crippen molar-refractivity contribution in [1.82, 2.24) is 0 Å². The summed E-state index contributed by atoms with van der Waals surface area (Å²) in [5, 5.41) is 2.56. The molecule has 0 saturated carbocycles. The molecule has 3 aromatic rings. The molecule has 180 valence electrons. The van der Waals surface area contributed by atoms with E-state index in [-0.39, 0.29) is 38.6 Å². The van der Waals surface area contributed by atoms with Gasteiger partial charge in [0.1, 0.15) is 0 Å². The van der Waals surface area contributed by atoms with Crippen molar-refractivity contribution >= 4 is 62.1 Å². The first-order valence-electron chi connectivity index (χ1n) is 9.46. The second-order valence-electron chi connectivity index (χ2n) is 7.19. The van der Waals surface area contributed by atoms with Crippen molar-refractivity contribution in [3.8, 4) is 0 Å². The van der Waals surface area contributed by atoms with Gasteiger partial charge in [-0.25, -0.2) is 8.42 Å². The van der Waals surface area contributed by atoms with E-state index in [1.54, 1.807) is 6.07 Å². The van der Waals surface area contributed by atoms with E-state index >= 15 is 0 Å². The first-order chi connectivity index (χ1) is 15.8. The molecule has 1 amide bonds. The number of sulfonamides is 1.